The molecular formula is C15H25NO11. The smallest absolute Gasteiger partial charge is 0.245 e. The minimum Gasteiger partial charge on any atom is -0.394 e. The van der Waals surface area contributed by atoms with Crippen LogP contribution in [-0.2, 0) is 19.0 Å². The Morgan fingerprint density at radius 1 is 0.926 bits per heavy atom. The number of nitrogens with one attached hydrogen (secondary N) is 1. The number of hydrogen-bond acceptors (Lipinski definition) is 11. The number of amides is 1. The van der Waals surface area contributed by atoms with Crippen molar-refractivity contribution in [1.29, 1.82) is 0 Å². The van der Waals surface area contributed by atoms with Gasteiger partial charge in [-0.25, -0.2) is 0 Å². The van der Waals surface area contributed by atoms with Gasteiger partial charge in [0.05, 0.1) is 13.2 Å². The van der Waals surface area contributed by atoms with E-state index in [0.29, 0.717) is 0 Å². The molecule has 156 valence electrons. The molecule has 2 heterocycles. The van der Waals surface area contributed by atoms with E-state index in [4.69, 9.17) is 14.2 Å². The third-order valence-electron chi connectivity index (χ3n) is 4.47. The highest BCUT2D eigenvalue weighted by atomic mass is 16.7. The van der Waals surface area contributed by atoms with Crippen LogP contribution in [0.2, 0.25) is 0 Å². The summed E-state index contributed by atoms with van der Waals surface area (Å²) in [5.74, 6) is -0.684. The summed E-state index contributed by atoms with van der Waals surface area (Å²) in [6.45, 7) is 1.87. The van der Waals surface area contributed by atoms with E-state index in [1.54, 1.807) is 0 Å². The van der Waals surface area contributed by atoms with E-state index in [0.717, 1.165) is 6.08 Å². The van der Waals surface area contributed by atoms with Gasteiger partial charge in [0.1, 0.15) is 48.8 Å². The molecule has 0 aromatic heterocycles. The van der Waals surface area contributed by atoms with Crippen LogP contribution in [-0.4, -0.2) is 116 Å². The van der Waals surface area contributed by atoms with Crippen molar-refractivity contribution >= 4 is 5.91 Å². The molecule has 27 heavy (non-hydrogen) atoms. The number of carbonyl (C=O) groups is 1. The van der Waals surface area contributed by atoms with Gasteiger partial charge >= 0.3 is 0 Å². The number of ether oxygens (including phenoxy) is 3. The van der Waals surface area contributed by atoms with E-state index in [2.05, 4.69) is 11.9 Å². The van der Waals surface area contributed by atoms with Crippen molar-refractivity contribution in [2.24, 2.45) is 0 Å². The maximum Gasteiger partial charge on any atom is 0.245 e. The van der Waals surface area contributed by atoms with Crippen LogP contribution >= 0.6 is 0 Å². The number of carbonyl (C=O) groups excluding carboxylic acids is 1. The molecule has 1 amide bonds. The summed E-state index contributed by atoms with van der Waals surface area (Å²) < 4.78 is 15.9. The molecular weight excluding hydrogens is 370 g/mol. The van der Waals surface area contributed by atoms with E-state index in [-0.39, 0.29) is 0 Å². The summed E-state index contributed by atoms with van der Waals surface area (Å²) in [5.41, 5.74) is 0. The molecule has 0 unspecified atom stereocenters. The molecule has 0 bridgehead atoms. The molecule has 2 aliphatic heterocycles. The van der Waals surface area contributed by atoms with Crippen molar-refractivity contribution < 1.29 is 54.8 Å². The Labute approximate surface area is 154 Å². The van der Waals surface area contributed by atoms with E-state index >= 15 is 0 Å². The van der Waals surface area contributed by atoms with Crippen molar-refractivity contribution in [2.75, 3.05) is 13.2 Å². The minimum absolute atomic E-state index is 0.684. The molecule has 12 heteroatoms. The van der Waals surface area contributed by atoms with Crippen LogP contribution in [0.3, 0.4) is 0 Å². The van der Waals surface area contributed by atoms with Crippen molar-refractivity contribution in [2.45, 2.75) is 61.3 Å². The van der Waals surface area contributed by atoms with Gasteiger partial charge < -0.3 is 55.3 Å². The van der Waals surface area contributed by atoms with Crippen molar-refractivity contribution in [3.05, 3.63) is 12.7 Å². The largest absolute Gasteiger partial charge is 0.394 e. The standard InChI is InChI=1S/C15H25NO11/c1-2-7(19)16-14-11(23)10(22)13(6(4-18)25-14)27-15-12(24)9(21)8(20)5(3-17)26-15/h2,5-6,8-15,17-18,20-24H,1,3-4H2,(H,16,19)/t5-,6-,8+,9+,10-,11-,12-,13-,14-,15+/m1/s1. The maximum absolute atomic E-state index is 11.4. The van der Waals surface area contributed by atoms with Crippen LogP contribution in [0.4, 0.5) is 0 Å². The first kappa shape index (κ1) is 22.1. The molecule has 12 nitrogen and oxygen atoms in total. The SMILES string of the molecule is C=CC(=O)N[C@@H]1O[C@H](CO)[C@@H](O[C@@H]2O[C@H](CO)[C@H](O)[C@H](O)[C@H]2O)[C@H](O)[C@H]1O. The van der Waals surface area contributed by atoms with Crippen LogP contribution < -0.4 is 5.32 Å². The molecule has 0 radical (unpaired) electrons. The number of rotatable bonds is 6. The predicted molar refractivity (Wildman–Crippen MR) is 84.7 cm³/mol. The average Bonchev–Trinajstić information content (AvgIpc) is 2.67. The Kier molecular flexibility index (Phi) is 7.64. The van der Waals surface area contributed by atoms with E-state index in [9.17, 15) is 40.5 Å². The Morgan fingerprint density at radius 3 is 2.11 bits per heavy atom. The van der Waals surface area contributed by atoms with Gasteiger partial charge in [0.25, 0.3) is 0 Å². The summed E-state index contributed by atoms with van der Waals surface area (Å²) >= 11 is 0. The zero-order valence-electron chi connectivity index (χ0n) is 14.2. The van der Waals surface area contributed by atoms with Gasteiger partial charge in [0.2, 0.25) is 5.91 Å². The fraction of sp³-hybridized carbons (Fsp3) is 0.800. The number of aliphatic hydroxyl groups excluding tert-OH is 7. The van der Waals surface area contributed by atoms with E-state index in [1.165, 1.54) is 0 Å². The molecule has 2 saturated heterocycles. The first-order chi connectivity index (χ1) is 12.7. The summed E-state index contributed by atoms with van der Waals surface area (Å²) in [5, 5.41) is 70.9. The fourth-order valence-electron chi connectivity index (χ4n) is 2.91. The fourth-order valence-corrected chi connectivity index (χ4v) is 2.91. The first-order valence-corrected chi connectivity index (χ1v) is 8.26. The van der Waals surface area contributed by atoms with Crippen molar-refractivity contribution in [3.8, 4) is 0 Å². The third-order valence-corrected chi connectivity index (χ3v) is 4.47. The van der Waals surface area contributed by atoms with Gasteiger partial charge in [0, 0.05) is 0 Å². The summed E-state index contributed by atoms with van der Waals surface area (Å²) in [7, 11) is 0. The molecule has 2 fully saturated rings. The molecule has 8 N–H and O–H groups in total. The Morgan fingerprint density at radius 2 is 1.56 bits per heavy atom. The lowest BCUT2D eigenvalue weighted by atomic mass is 9.96. The Hall–Kier alpha value is -1.19. The zero-order chi connectivity index (χ0) is 20.3. The molecule has 10 atom stereocenters. The highest BCUT2D eigenvalue weighted by Crippen LogP contribution is 2.28. The molecule has 0 saturated carbocycles. The molecule has 0 spiro atoms. The average molecular weight is 395 g/mol. The molecule has 0 aromatic rings. The predicted octanol–water partition coefficient (Wildman–Crippen LogP) is -5.09. The first-order valence-electron chi connectivity index (χ1n) is 8.26. The summed E-state index contributed by atoms with van der Waals surface area (Å²) in [6.07, 6.45) is -14.4. The van der Waals surface area contributed by atoms with Gasteiger partial charge in [-0.05, 0) is 6.08 Å². The van der Waals surface area contributed by atoms with E-state index in [1.807, 2.05) is 0 Å². The lowest BCUT2D eigenvalue weighted by Crippen LogP contribution is -2.66. The molecule has 2 rings (SSSR count). The van der Waals surface area contributed by atoms with Gasteiger partial charge in [-0.1, -0.05) is 6.58 Å². The van der Waals surface area contributed by atoms with Crippen LogP contribution in [0.25, 0.3) is 0 Å². The normalized spacial score (nSPS) is 45.3. The van der Waals surface area contributed by atoms with Crippen LogP contribution in [0.1, 0.15) is 0 Å². The second-order valence-electron chi connectivity index (χ2n) is 6.27. The van der Waals surface area contributed by atoms with E-state index < -0.39 is 80.5 Å². The summed E-state index contributed by atoms with van der Waals surface area (Å²) in [4.78, 5) is 11.4. The van der Waals surface area contributed by atoms with Crippen LogP contribution in [0, 0.1) is 0 Å². The molecule has 0 aliphatic carbocycles. The van der Waals surface area contributed by atoms with Gasteiger partial charge in [0.15, 0.2) is 12.5 Å². The second-order valence-corrected chi connectivity index (χ2v) is 6.27. The zero-order valence-corrected chi connectivity index (χ0v) is 14.2. The number of hydrogen-bond donors (Lipinski definition) is 8. The lowest BCUT2D eigenvalue weighted by Gasteiger charge is -2.46. The minimum atomic E-state index is -1.75. The van der Waals surface area contributed by atoms with Crippen LogP contribution in [0.15, 0.2) is 12.7 Å². The van der Waals surface area contributed by atoms with Gasteiger partial charge in [-0.3, -0.25) is 4.79 Å². The second kappa shape index (κ2) is 9.34. The monoisotopic (exact) mass is 395 g/mol. The summed E-state index contributed by atoms with van der Waals surface area (Å²) in [6, 6.07) is 0. The third kappa shape index (κ3) is 4.63. The number of aliphatic hydroxyl groups is 7. The maximum atomic E-state index is 11.4. The highest BCUT2D eigenvalue weighted by molar-refractivity contribution is 5.87. The van der Waals surface area contributed by atoms with Crippen molar-refractivity contribution in [3.63, 3.8) is 0 Å². The Balaban J connectivity index is 2.12. The lowest BCUT2D eigenvalue weighted by molar-refractivity contribution is -0.343. The quantitative estimate of drug-likeness (QED) is 0.200. The van der Waals surface area contributed by atoms with Crippen molar-refractivity contribution in [1.82, 2.24) is 5.32 Å². The Bertz CT molecular complexity index is 516. The molecule has 2 aliphatic rings. The molecule has 0 aromatic carbocycles. The topological polar surface area (TPSA) is 198 Å². The van der Waals surface area contributed by atoms with Crippen LogP contribution in [0.5, 0.6) is 0 Å². The van der Waals surface area contributed by atoms with Gasteiger partial charge in [-0.15, -0.1) is 0 Å². The van der Waals surface area contributed by atoms with Gasteiger partial charge in [-0.2, -0.15) is 0 Å². The highest BCUT2D eigenvalue weighted by Gasteiger charge is 2.50.